The number of guanidine groups is 1. The number of aryl methyl sites for hydroxylation is 2. The third-order valence-corrected chi connectivity index (χ3v) is 3.96. The molecular formula is C20H28N4O2. The second-order valence-corrected chi connectivity index (χ2v) is 6.38. The van der Waals surface area contributed by atoms with Gasteiger partial charge in [0.2, 0.25) is 0 Å². The van der Waals surface area contributed by atoms with Crippen LogP contribution in [0.2, 0.25) is 0 Å². The SMILES string of the molecule is CCNC(=NCc1ccc(C(=O)N(C)C)cc1)NCc1cc(C)oc1C. The fourth-order valence-electron chi connectivity index (χ4n) is 2.56. The zero-order valence-electron chi connectivity index (χ0n) is 16.2. The van der Waals surface area contributed by atoms with Crippen LogP contribution in [0.4, 0.5) is 0 Å². The number of furan rings is 1. The summed E-state index contributed by atoms with van der Waals surface area (Å²) in [5.74, 6) is 2.58. The lowest BCUT2D eigenvalue weighted by molar-refractivity contribution is 0.0827. The first-order valence-electron chi connectivity index (χ1n) is 8.79. The van der Waals surface area contributed by atoms with E-state index in [1.54, 1.807) is 19.0 Å². The van der Waals surface area contributed by atoms with Crippen LogP contribution in [0.5, 0.6) is 0 Å². The summed E-state index contributed by atoms with van der Waals surface area (Å²) in [5.41, 5.74) is 2.85. The molecule has 0 bridgehead atoms. The van der Waals surface area contributed by atoms with Gasteiger partial charge in [-0.15, -0.1) is 0 Å². The maximum atomic E-state index is 11.9. The van der Waals surface area contributed by atoms with E-state index in [4.69, 9.17) is 4.42 Å². The number of amides is 1. The molecule has 2 rings (SSSR count). The number of nitrogens with zero attached hydrogens (tertiary/aromatic N) is 2. The van der Waals surface area contributed by atoms with E-state index in [0.717, 1.165) is 35.2 Å². The van der Waals surface area contributed by atoms with Gasteiger partial charge in [0.15, 0.2) is 5.96 Å². The van der Waals surface area contributed by atoms with Crippen molar-refractivity contribution in [3.05, 3.63) is 58.5 Å². The molecule has 0 aliphatic rings. The van der Waals surface area contributed by atoms with Gasteiger partial charge in [0.25, 0.3) is 5.91 Å². The topological polar surface area (TPSA) is 69.9 Å². The number of hydrogen-bond acceptors (Lipinski definition) is 3. The summed E-state index contributed by atoms with van der Waals surface area (Å²) in [4.78, 5) is 18.1. The van der Waals surface area contributed by atoms with Crippen molar-refractivity contribution in [1.82, 2.24) is 15.5 Å². The Hall–Kier alpha value is -2.76. The van der Waals surface area contributed by atoms with E-state index < -0.39 is 0 Å². The molecule has 0 fully saturated rings. The normalized spacial score (nSPS) is 11.3. The minimum absolute atomic E-state index is 0.000770. The largest absolute Gasteiger partial charge is 0.466 e. The summed E-state index contributed by atoms with van der Waals surface area (Å²) in [5, 5.41) is 6.57. The number of nitrogens with one attached hydrogen (secondary N) is 2. The van der Waals surface area contributed by atoms with Crippen LogP contribution in [0.1, 0.15) is 39.9 Å². The highest BCUT2D eigenvalue weighted by molar-refractivity contribution is 5.93. The summed E-state index contributed by atoms with van der Waals surface area (Å²) in [6, 6.07) is 9.59. The fourth-order valence-corrected chi connectivity index (χ4v) is 2.56. The predicted molar refractivity (Wildman–Crippen MR) is 104 cm³/mol. The second kappa shape index (κ2) is 9.08. The Labute approximate surface area is 155 Å². The summed E-state index contributed by atoms with van der Waals surface area (Å²) in [6.07, 6.45) is 0. The average molecular weight is 356 g/mol. The van der Waals surface area contributed by atoms with E-state index >= 15 is 0 Å². The van der Waals surface area contributed by atoms with Crippen LogP contribution in [-0.4, -0.2) is 37.4 Å². The molecule has 1 amide bonds. The maximum absolute atomic E-state index is 11.9. The van der Waals surface area contributed by atoms with Crippen LogP contribution in [0.15, 0.2) is 39.7 Å². The molecule has 0 unspecified atom stereocenters. The molecular weight excluding hydrogens is 328 g/mol. The van der Waals surface area contributed by atoms with E-state index in [0.29, 0.717) is 18.7 Å². The van der Waals surface area contributed by atoms with Gasteiger partial charge in [-0.1, -0.05) is 12.1 Å². The summed E-state index contributed by atoms with van der Waals surface area (Å²) >= 11 is 0. The number of hydrogen-bond donors (Lipinski definition) is 2. The molecule has 0 saturated heterocycles. The average Bonchev–Trinajstić information content (AvgIpc) is 2.94. The van der Waals surface area contributed by atoms with Crippen LogP contribution < -0.4 is 10.6 Å². The van der Waals surface area contributed by atoms with E-state index in [1.165, 1.54) is 0 Å². The van der Waals surface area contributed by atoms with Crippen LogP contribution in [-0.2, 0) is 13.1 Å². The minimum Gasteiger partial charge on any atom is -0.466 e. The fraction of sp³-hybridized carbons (Fsp3) is 0.400. The first-order valence-corrected chi connectivity index (χ1v) is 8.79. The molecule has 0 aliphatic heterocycles. The third-order valence-electron chi connectivity index (χ3n) is 3.96. The van der Waals surface area contributed by atoms with Gasteiger partial charge in [0, 0.05) is 38.3 Å². The molecule has 0 spiro atoms. The molecule has 2 N–H and O–H groups in total. The van der Waals surface area contributed by atoms with Crippen molar-refractivity contribution in [2.24, 2.45) is 4.99 Å². The Morgan fingerprint density at radius 3 is 2.38 bits per heavy atom. The zero-order valence-corrected chi connectivity index (χ0v) is 16.2. The molecule has 140 valence electrons. The second-order valence-electron chi connectivity index (χ2n) is 6.38. The molecule has 0 atom stereocenters. The number of carbonyl (C=O) groups excluding carboxylic acids is 1. The van der Waals surface area contributed by atoms with E-state index in [1.807, 2.05) is 51.1 Å². The lowest BCUT2D eigenvalue weighted by Crippen LogP contribution is -2.36. The Morgan fingerprint density at radius 1 is 1.15 bits per heavy atom. The van der Waals surface area contributed by atoms with Gasteiger partial charge in [0.05, 0.1) is 6.54 Å². The third kappa shape index (κ3) is 5.37. The first kappa shape index (κ1) is 19.6. The van der Waals surface area contributed by atoms with Crippen molar-refractivity contribution < 1.29 is 9.21 Å². The van der Waals surface area contributed by atoms with Crippen molar-refractivity contribution in [3.63, 3.8) is 0 Å². The first-order chi connectivity index (χ1) is 12.4. The van der Waals surface area contributed by atoms with Crippen molar-refractivity contribution in [2.75, 3.05) is 20.6 Å². The standard InChI is InChI=1S/C20H28N4O2/c1-6-21-20(23-13-18-11-14(2)26-15(18)3)22-12-16-7-9-17(10-8-16)19(25)24(4)5/h7-11H,6,12-13H2,1-5H3,(H2,21,22,23). The molecule has 26 heavy (non-hydrogen) atoms. The van der Waals surface area contributed by atoms with E-state index in [9.17, 15) is 4.79 Å². The van der Waals surface area contributed by atoms with Crippen LogP contribution in [0, 0.1) is 13.8 Å². The highest BCUT2D eigenvalue weighted by Gasteiger charge is 2.08. The summed E-state index contributed by atoms with van der Waals surface area (Å²) in [6.45, 7) is 7.92. The molecule has 0 aliphatic carbocycles. The van der Waals surface area contributed by atoms with Gasteiger partial charge >= 0.3 is 0 Å². The van der Waals surface area contributed by atoms with E-state index in [-0.39, 0.29) is 5.91 Å². The van der Waals surface area contributed by atoms with Gasteiger partial charge in [0.1, 0.15) is 11.5 Å². The van der Waals surface area contributed by atoms with Crippen molar-refractivity contribution >= 4 is 11.9 Å². The van der Waals surface area contributed by atoms with Gasteiger partial charge in [-0.25, -0.2) is 4.99 Å². The summed E-state index contributed by atoms with van der Waals surface area (Å²) < 4.78 is 5.55. The molecule has 2 aromatic rings. The van der Waals surface area contributed by atoms with Crippen molar-refractivity contribution in [2.45, 2.75) is 33.9 Å². The predicted octanol–water partition coefficient (Wildman–Crippen LogP) is 2.85. The molecule has 1 aromatic heterocycles. The highest BCUT2D eigenvalue weighted by atomic mass is 16.3. The number of rotatable bonds is 6. The zero-order chi connectivity index (χ0) is 19.1. The Balaban J connectivity index is 1.99. The number of carbonyl (C=O) groups is 1. The molecule has 0 saturated carbocycles. The maximum Gasteiger partial charge on any atom is 0.253 e. The van der Waals surface area contributed by atoms with Crippen molar-refractivity contribution in [1.29, 1.82) is 0 Å². The molecule has 6 nitrogen and oxygen atoms in total. The molecule has 0 radical (unpaired) electrons. The Kier molecular flexibility index (Phi) is 6.83. The monoisotopic (exact) mass is 356 g/mol. The van der Waals surface area contributed by atoms with Crippen molar-refractivity contribution in [3.8, 4) is 0 Å². The molecule has 1 heterocycles. The quantitative estimate of drug-likeness (QED) is 0.617. The minimum atomic E-state index is 0.000770. The van der Waals surface area contributed by atoms with Crippen LogP contribution >= 0.6 is 0 Å². The van der Waals surface area contributed by atoms with Gasteiger partial charge < -0.3 is 20.0 Å². The lowest BCUT2D eigenvalue weighted by atomic mass is 10.1. The molecule has 1 aromatic carbocycles. The summed E-state index contributed by atoms with van der Waals surface area (Å²) in [7, 11) is 3.50. The van der Waals surface area contributed by atoms with Crippen LogP contribution in [0.3, 0.4) is 0 Å². The van der Waals surface area contributed by atoms with Gasteiger partial charge in [-0.2, -0.15) is 0 Å². The number of benzene rings is 1. The lowest BCUT2D eigenvalue weighted by Gasteiger charge is -2.12. The Bertz CT molecular complexity index is 761. The Morgan fingerprint density at radius 2 is 1.85 bits per heavy atom. The van der Waals surface area contributed by atoms with Crippen LogP contribution in [0.25, 0.3) is 0 Å². The van der Waals surface area contributed by atoms with Gasteiger partial charge in [-0.3, -0.25) is 4.79 Å². The number of aliphatic imine (C=N–C) groups is 1. The van der Waals surface area contributed by atoms with E-state index in [2.05, 4.69) is 15.6 Å². The highest BCUT2D eigenvalue weighted by Crippen LogP contribution is 2.13. The smallest absolute Gasteiger partial charge is 0.253 e. The van der Waals surface area contributed by atoms with Gasteiger partial charge in [-0.05, 0) is 44.5 Å². The molecule has 6 heteroatoms.